The Kier molecular flexibility index (Phi) is 4.77. The van der Waals surface area contributed by atoms with Crippen LogP contribution >= 0.6 is 0 Å². The summed E-state index contributed by atoms with van der Waals surface area (Å²) in [6.07, 6.45) is 0. The summed E-state index contributed by atoms with van der Waals surface area (Å²) < 4.78 is 5.35. The summed E-state index contributed by atoms with van der Waals surface area (Å²) in [5.41, 5.74) is 2.29. The number of aromatic nitrogens is 2. The minimum atomic E-state index is 0.614. The van der Waals surface area contributed by atoms with Crippen molar-refractivity contribution in [3.63, 3.8) is 0 Å². The number of methoxy groups -OCH3 is 1. The van der Waals surface area contributed by atoms with Gasteiger partial charge in [0.05, 0.1) is 24.4 Å². The fourth-order valence-corrected chi connectivity index (χ4v) is 2.36. The maximum atomic E-state index is 8.86. The maximum absolute atomic E-state index is 8.86. The molecule has 0 aliphatic carbocycles. The maximum Gasteiger partial charge on any atom is 0.142 e. The zero-order chi connectivity index (χ0) is 17.6. The van der Waals surface area contributed by atoms with E-state index >= 15 is 0 Å². The molecule has 0 aliphatic rings. The lowest BCUT2D eigenvalue weighted by molar-refractivity contribution is 0.417. The van der Waals surface area contributed by atoms with E-state index in [1.165, 1.54) is 0 Å². The minimum Gasteiger partial charge on any atom is -0.495 e. The molecule has 25 heavy (non-hydrogen) atoms. The number of anilines is 4. The molecule has 0 amide bonds. The molecule has 0 saturated carbocycles. The van der Waals surface area contributed by atoms with Gasteiger partial charge in [-0.1, -0.05) is 12.1 Å². The average molecular weight is 331 g/mol. The number of rotatable bonds is 5. The minimum absolute atomic E-state index is 0.614. The van der Waals surface area contributed by atoms with Gasteiger partial charge in [0.15, 0.2) is 0 Å². The van der Waals surface area contributed by atoms with Crippen LogP contribution in [-0.4, -0.2) is 17.1 Å². The van der Waals surface area contributed by atoms with E-state index < -0.39 is 0 Å². The van der Waals surface area contributed by atoms with Crippen molar-refractivity contribution < 1.29 is 4.74 Å². The van der Waals surface area contributed by atoms with Gasteiger partial charge in [-0.3, -0.25) is 0 Å². The van der Waals surface area contributed by atoms with Crippen LogP contribution in [0.15, 0.2) is 54.6 Å². The Labute approximate surface area is 146 Å². The first kappa shape index (κ1) is 16.3. The van der Waals surface area contributed by atoms with E-state index in [0.717, 1.165) is 17.1 Å². The number of benzene rings is 2. The van der Waals surface area contributed by atoms with E-state index in [2.05, 4.69) is 26.7 Å². The summed E-state index contributed by atoms with van der Waals surface area (Å²) in [5.74, 6) is 2.69. The SMILES string of the molecule is COc1ccccc1Nc1cc(Nc2ccc(C#N)cc2)nc(C)n1. The van der Waals surface area contributed by atoms with Crippen LogP contribution in [-0.2, 0) is 0 Å². The topological polar surface area (TPSA) is 82.9 Å². The molecule has 1 aromatic heterocycles. The molecule has 3 aromatic rings. The fourth-order valence-electron chi connectivity index (χ4n) is 2.36. The first-order chi connectivity index (χ1) is 12.2. The molecule has 1 heterocycles. The van der Waals surface area contributed by atoms with Crippen LogP contribution in [0.25, 0.3) is 0 Å². The highest BCUT2D eigenvalue weighted by Crippen LogP contribution is 2.27. The van der Waals surface area contributed by atoms with Gasteiger partial charge in [-0.2, -0.15) is 5.26 Å². The van der Waals surface area contributed by atoms with Crippen LogP contribution in [0.4, 0.5) is 23.0 Å². The molecule has 0 aliphatic heterocycles. The van der Waals surface area contributed by atoms with Gasteiger partial charge in [0.25, 0.3) is 0 Å². The largest absolute Gasteiger partial charge is 0.495 e. The van der Waals surface area contributed by atoms with Crippen LogP contribution in [0, 0.1) is 18.3 Å². The molecule has 6 nitrogen and oxygen atoms in total. The molecule has 0 bridgehead atoms. The number of hydrogen-bond acceptors (Lipinski definition) is 6. The predicted octanol–water partition coefficient (Wildman–Crippen LogP) is 4.15. The van der Waals surface area contributed by atoms with Crippen LogP contribution in [0.5, 0.6) is 5.75 Å². The molecule has 0 spiro atoms. The van der Waals surface area contributed by atoms with Crippen molar-refractivity contribution >= 4 is 23.0 Å². The number of aryl methyl sites for hydroxylation is 1. The smallest absolute Gasteiger partial charge is 0.142 e. The molecule has 6 heteroatoms. The molecule has 0 saturated heterocycles. The normalized spacial score (nSPS) is 9.96. The zero-order valence-electron chi connectivity index (χ0n) is 13.9. The van der Waals surface area contributed by atoms with Crippen molar-refractivity contribution in [3.8, 4) is 11.8 Å². The number of hydrogen-bond donors (Lipinski definition) is 2. The molecule has 2 N–H and O–H groups in total. The molecule has 0 atom stereocenters. The van der Waals surface area contributed by atoms with Gasteiger partial charge < -0.3 is 15.4 Å². The first-order valence-corrected chi connectivity index (χ1v) is 7.71. The summed E-state index contributed by atoms with van der Waals surface area (Å²) in [7, 11) is 1.63. The summed E-state index contributed by atoms with van der Waals surface area (Å²) in [4.78, 5) is 8.81. The summed E-state index contributed by atoms with van der Waals surface area (Å²) >= 11 is 0. The van der Waals surface area contributed by atoms with E-state index in [1.54, 1.807) is 19.2 Å². The summed E-state index contributed by atoms with van der Waals surface area (Å²) in [6.45, 7) is 1.83. The quantitative estimate of drug-likeness (QED) is 0.730. The summed E-state index contributed by atoms with van der Waals surface area (Å²) in [5, 5.41) is 15.3. The van der Waals surface area contributed by atoms with Crippen molar-refractivity contribution in [2.45, 2.75) is 6.92 Å². The summed E-state index contributed by atoms with van der Waals surface area (Å²) in [6, 6.07) is 18.7. The second kappa shape index (κ2) is 7.32. The van der Waals surface area contributed by atoms with Crippen molar-refractivity contribution in [2.24, 2.45) is 0 Å². The van der Waals surface area contributed by atoms with Crippen molar-refractivity contribution in [3.05, 3.63) is 66.0 Å². The van der Waals surface area contributed by atoms with Gasteiger partial charge >= 0.3 is 0 Å². The highest BCUT2D eigenvalue weighted by atomic mass is 16.5. The number of nitrogens with one attached hydrogen (secondary N) is 2. The van der Waals surface area contributed by atoms with Gasteiger partial charge in [0.2, 0.25) is 0 Å². The Morgan fingerprint density at radius 2 is 1.64 bits per heavy atom. The third kappa shape index (κ3) is 4.03. The highest BCUT2D eigenvalue weighted by Gasteiger charge is 2.06. The second-order valence-electron chi connectivity index (χ2n) is 5.33. The highest BCUT2D eigenvalue weighted by molar-refractivity contribution is 5.67. The molecule has 124 valence electrons. The van der Waals surface area contributed by atoms with Gasteiger partial charge in [-0.15, -0.1) is 0 Å². The third-order valence-corrected chi connectivity index (χ3v) is 3.49. The standard InChI is InChI=1S/C19H17N5O/c1-13-21-18(23-15-9-7-14(12-20)8-10-15)11-19(22-13)24-16-5-3-4-6-17(16)25-2/h3-11H,1-2H3,(H2,21,22,23,24). The van der Waals surface area contributed by atoms with E-state index in [9.17, 15) is 0 Å². The monoisotopic (exact) mass is 331 g/mol. The first-order valence-electron chi connectivity index (χ1n) is 7.71. The van der Waals surface area contributed by atoms with Crippen LogP contribution in [0.3, 0.4) is 0 Å². The Morgan fingerprint density at radius 3 is 2.32 bits per heavy atom. The van der Waals surface area contributed by atoms with Gasteiger partial charge in [0, 0.05) is 11.8 Å². The van der Waals surface area contributed by atoms with Crippen molar-refractivity contribution in [2.75, 3.05) is 17.7 Å². The predicted molar refractivity (Wildman–Crippen MR) is 97.5 cm³/mol. The molecule has 0 unspecified atom stereocenters. The fraction of sp³-hybridized carbons (Fsp3) is 0.105. The van der Waals surface area contributed by atoms with Crippen LogP contribution in [0.1, 0.15) is 11.4 Å². The molecule has 0 radical (unpaired) electrons. The van der Waals surface area contributed by atoms with E-state index in [1.807, 2.05) is 49.4 Å². The zero-order valence-corrected chi connectivity index (χ0v) is 13.9. The van der Waals surface area contributed by atoms with Gasteiger partial charge in [-0.05, 0) is 43.3 Å². The Balaban J connectivity index is 1.83. The lowest BCUT2D eigenvalue weighted by atomic mass is 10.2. The Bertz CT molecular complexity index is 916. The number of nitriles is 1. The third-order valence-electron chi connectivity index (χ3n) is 3.49. The van der Waals surface area contributed by atoms with Gasteiger partial charge in [0.1, 0.15) is 23.2 Å². The Hall–Kier alpha value is -3.59. The van der Waals surface area contributed by atoms with Crippen molar-refractivity contribution in [1.82, 2.24) is 9.97 Å². The lowest BCUT2D eigenvalue weighted by Gasteiger charge is -2.12. The second-order valence-corrected chi connectivity index (χ2v) is 5.33. The number of ether oxygens (including phenoxy) is 1. The van der Waals surface area contributed by atoms with E-state index in [0.29, 0.717) is 23.0 Å². The average Bonchev–Trinajstić information content (AvgIpc) is 2.62. The molecular weight excluding hydrogens is 314 g/mol. The number of nitrogens with zero attached hydrogens (tertiary/aromatic N) is 3. The lowest BCUT2D eigenvalue weighted by Crippen LogP contribution is -2.02. The number of para-hydroxylation sites is 2. The van der Waals surface area contributed by atoms with E-state index in [-0.39, 0.29) is 0 Å². The van der Waals surface area contributed by atoms with Crippen molar-refractivity contribution in [1.29, 1.82) is 5.26 Å². The molecular formula is C19H17N5O. The van der Waals surface area contributed by atoms with E-state index in [4.69, 9.17) is 10.00 Å². The van der Waals surface area contributed by atoms with Crippen LogP contribution in [0.2, 0.25) is 0 Å². The molecule has 2 aromatic carbocycles. The molecule has 3 rings (SSSR count). The van der Waals surface area contributed by atoms with Gasteiger partial charge in [-0.25, -0.2) is 9.97 Å². The van der Waals surface area contributed by atoms with Crippen LogP contribution < -0.4 is 15.4 Å². The molecule has 0 fully saturated rings. The Morgan fingerprint density at radius 1 is 0.960 bits per heavy atom.